The third-order valence-electron chi connectivity index (χ3n) is 2.77. The second-order valence-electron chi connectivity index (χ2n) is 4.00. The van der Waals surface area contributed by atoms with Gasteiger partial charge in [-0.15, -0.1) is 0 Å². The number of hydrogen-bond acceptors (Lipinski definition) is 4. The summed E-state index contributed by atoms with van der Waals surface area (Å²) in [5.41, 5.74) is -1.00. The zero-order chi connectivity index (χ0) is 14.0. The van der Waals surface area contributed by atoms with Crippen LogP contribution in [0.15, 0.2) is 12.3 Å². The van der Waals surface area contributed by atoms with Crippen LogP contribution in [0.4, 0.5) is 23.9 Å². The molecule has 2 rings (SSSR count). The van der Waals surface area contributed by atoms with Gasteiger partial charge in [-0.2, -0.15) is 13.2 Å². The van der Waals surface area contributed by atoms with Crippen LogP contribution in [0.2, 0.25) is 0 Å². The summed E-state index contributed by atoms with van der Waals surface area (Å²) in [5, 5.41) is 8.77. The minimum Gasteiger partial charge on any atom is -0.465 e. The van der Waals surface area contributed by atoms with Crippen LogP contribution in [-0.2, 0) is 6.18 Å². The number of rotatable bonds is 1. The molecule has 2 heterocycles. The lowest BCUT2D eigenvalue weighted by molar-refractivity contribution is -0.141. The Morgan fingerprint density at radius 1 is 1.26 bits per heavy atom. The third-order valence-corrected chi connectivity index (χ3v) is 2.77. The smallest absolute Gasteiger partial charge is 0.433 e. The number of anilines is 1. The lowest BCUT2D eigenvalue weighted by atomic mass is 10.3. The Morgan fingerprint density at radius 2 is 1.89 bits per heavy atom. The standard InChI is InChI=1S/C10H11F3N4O2/c11-10(12,13)7-1-2-14-8(15-7)16-3-5-17(6-4-16)9(18)19/h1-2H,3-6H2,(H,18,19). The van der Waals surface area contributed by atoms with Crippen molar-refractivity contribution >= 4 is 12.0 Å². The van der Waals surface area contributed by atoms with Crippen molar-refractivity contribution in [2.24, 2.45) is 0 Å². The quantitative estimate of drug-likeness (QED) is 0.837. The summed E-state index contributed by atoms with van der Waals surface area (Å²) in [6.45, 7) is 0.977. The molecule has 0 spiro atoms. The number of nitrogens with zero attached hydrogens (tertiary/aromatic N) is 4. The topological polar surface area (TPSA) is 69.6 Å². The Bertz CT molecular complexity index is 472. The van der Waals surface area contributed by atoms with E-state index in [1.807, 2.05) is 0 Å². The molecule has 1 fully saturated rings. The van der Waals surface area contributed by atoms with E-state index in [1.165, 1.54) is 9.80 Å². The summed E-state index contributed by atoms with van der Waals surface area (Å²) < 4.78 is 37.5. The van der Waals surface area contributed by atoms with Gasteiger partial charge < -0.3 is 14.9 Å². The van der Waals surface area contributed by atoms with Gasteiger partial charge in [0.2, 0.25) is 5.95 Å². The summed E-state index contributed by atoms with van der Waals surface area (Å²) in [4.78, 5) is 20.7. The Balaban J connectivity index is 2.10. The molecule has 1 aromatic heterocycles. The number of carboxylic acid groups (broad SMARTS) is 1. The second kappa shape index (κ2) is 4.90. The monoisotopic (exact) mass is 276 g/mol. The largest absolute Gasteiger partial charge is 0.465 e. The van der Waals surface area contributed by atoms with E-state index in [0.717, 1.165) is 12.3 Å². The van der Waals surface area contributed by atoms with Crippen LogP contribution < -0.4 is 4.90 Å². The number of halogens is 3. The van der Waals surface area contributed by atoms with Crippen molar-refractivity contribution in [1.82, 2.24) is 14.9 Å². The maximum atomic E-state index is 12.5. The molecule has 104 valence electrons. The second-order valence-corrected chi connectivity index (χ2v) is 4.00. The van der Waals surface area contributed by atoms with Crippen molar-refractivity contribution in [3.63, 3.8) is 0 Å². The predicted octanol–water partition coefficient (Wildman–Crippen LogP) is 1.30. The number of alkyl halides is 3. The summed E-state index contributed by atoms with van der Waals surface area (Å²) in [6.07, 6.45) is -4.50. The Hall–Kier alpha value is -2.06. The number of amides is 1. The van der Waals surface area contributed by atoms with Gasteiger partial charge in [0.25, 0.3) is 0 Å². The first kappa shape index (κ1) is 13.4. The van der Waals surface area contributed by atoms with Crippen molar-refractivity contribution < 1.29 is 23.1 Å². The van der Waals surface area contributed by atoms with Crippen molar-refractivity contribution in [2.75, 3.05) is 31.1 Å². The molecule has 0 aromatic carbocycles. The lowest BCUT2D eigenvalue weighted by Crippen LogP contribution is -2.48. The average Bonchev–Trinajstić information content (AvgIpc) is 2.38. The van der Waals surface area contributed by atoms with Crippen molar-refractivity contribution in [3.8, 4) is 0 Å². The Morgan fingerprint density at radius 3 is 2.42 bits per heavy atom. The van der Waals surface area contributed by atoms with Gasteiger partial charge in [0.1, 0.15) is 5.69 Å². The fraction of sp³-hybridized carbons (Fsp3) is 0.500. The Kier molecular flexibility index (Phi) is 3.45. The fourth-order valence-electron chi connectivity index (χ4n) is 1.76. The first-order valence-corrected chi connectivity index (χ1v) is 5.51. The molecule has 1 aliphatic heterocycles. The molecule has 0 radical (unpaired) electrons. The minimum absolute atomic E-state index is 0.0279. The highest BCUT2D eigenvalue weighted by molar-refractivity contribution is 5.65. The van der Waals surface area contributed by atoms with Gasteiger partial charge in [0, 0.05) is 32.4 Å². The molecule has 9 heteroatoms. The van der Waals surface area contributed by atoms with Crippen LogP contribution in [0.5, 0.6) is 0 Å². The van der Waals surface area contributed by atoms with Gasteiger partial charge in [-0.05, 0) is 6.07 Å². The van der Waals surface area contributed by atoms with E-state index in [4.69, 9.17) is 5.11 Å². The number of aromatic nitrogens is 2. The highest BCUT2D eigenvalue weighted by Crippen LogP contribution is 2.28. The molecule has 0 aliphatic carbocycles. The van der Waals surface area contributed by atoms with E-state index < -0.39 is 18.0 Å². The maximum Gasteiger partial charge on any atom is 0.433 e. The molecule has 0 bridgehead atoms. The maximum absolute atomic E-state index is 12.5. The van der Waals surface area contributed by atoms with Crippen molar-refractivity contribution in [1.29, 1.82) is 0 Å². The van der Waals surface area contributed by atoms with Crippen LogP contribution >= 0.6 is 0 Å². The summed E-state index contributed by atoms with van der Waals surface area (Å²) >= 11 is 0. The zero-order valence-corrected chi connectivity index (χ0v) is 9.76. The van der Waals surface area contributed by atoms with E-state index in [2.05, 4.69) is 9.97 Å². The minimum atomic E-state index is -4.51. The molecule has 1 N–H and O–H groups in total. The van der Waals surface area contributed by atoms with Crippen LogP contribution in [0, 0.1) is 0 Å². The van der Waals surface area contributed by atoms with Crippen molar-refractivity contribution in [3.05, 3.63) is 18.0 Å². The van der Waals surface area contributed by atoms with Crippen LogP contribution in [0.1, 0.15) is 5.69 Å². The van der Waals surface area contributed by atoms with Crippen LogP contribution in [-0.4, -0.2) is 52.2 Å². The average molecular weight is 276 g/mol. The number of hydrogen-bond donors (Lipinski definition) is 1. The highest BCUT2D eigenvalue weighted by Gasteiger charge is 2.33. The molecule has 6 nitrogen and oxygen atoms in total. The summed E-state index contributed by atoms with van der Waals surface area (Å²) in [5.74, 6) is -0.0279. The number of piperazine rings is 1. The first-order chi connectivity index (χ1) is 8.88. The first-order valence-electron chi connectivity index (χ1n) is 5.51. The highest BCUT2D eigenvalue weighted by atomic mass is 19.4. The van der Waals surface area contributed by atoms with E-state index in [0.29, 0.717) is 0 Å². The normalized spacial score (nSPS) is 16.6. The molecule has 1 amide bonds. The molecule has 0 saturated carbocycles. The summed E-state index contributed by atoms with van der Waals surface area (Å²) in [7, 11) is 0. The van der Waals surface area contributed by atoms with E-state index in [1.54, 1.807) is 0 Å². The molecule has 1 saturated heterocycles. The third kappa shape index (κ3) is 3.04. The van der Waals surface area contributed by atoms with Crippen LogP contribution in [0.3, 0.4) is 0 Å². The zero-order valence-electron chi connectivity index (χ0n) is 9.76. The fourth-order valence-corrected chi connectivity index (χ4v) is 1.76. The van der Waals surface area contributed by atoms with Crippen LogP contribution in [0.25, 0.3) is 0 Å². The van der Waals surface area contributed by atoms with E-state index in [-0.39, 0.29) is 32.1 Å². The molecular formula is C10H11F3N4O2. The number of carbonyl (C=O) groups is 1. The molecular weight excluding hydrogens is 265 g/mol. The SMILES string of the molecule is O=C(O)N1CCN(c2nccc(C(F)(F)F)n2)CC1. The van der Waals surface area contributed by atoms with Gasteiger partial charge in [-0.1, -0.05) is 0 Å². The van der Waals surface area contributed by atoms with E-state index >= 15 is 0 Å². The van der Waals surface area contributed by atoms with Gasteiger partial charge >= 0.3 is 12.3 Å². The molecule has 0 unspecified atom stereocenters. The predicted molar refractivity (Wildman–Crippen MR) is 58.8 cm³/mol. The molecule has 1 aromatic rings. The van der Waals surface area contributed by atoms with E-state index in [9.17, 15) is 18.0 Å². The van der Waals surface area contributed by atoms with Gasteiger partial charge in [-0.3, -0.25) is 0 Å². The Labute approximate surface area is 106 Å². The van der Waals surface area contributed by atoms with Gasteiger partial charge in [0.15, 0.2) is 0 Å². The molecule has 19 heavy (non-hydrogen) atoms. The summed E-state index contributed by atoms with van der Waals surface area (Å²) in [6, 6.07) is 0.803. The van der Waals surface area contributed by atoms with Crippen molar-refractivity contribution in [2.45, 2.75) is 6.18 Å². The van der Waals surface area contributed by atoms with Gasteiger partial charge in [0.05, 0.1) is 0 Å². The molecule has 1 aliphatic rings. The molecule has 0 atom stereocenters. The van der Waals surface area contributed by atoms with Gasteiger partial charge in [-0.25, -0.2) is 14.8 Å². The lowest BCUT2D eigenvalue weighted by Gasteiger charge is -2.33.